The summed E-state index contributed by atoms with van der Waals surface area (Å²) in [5.41, 5.74) is 0.195. The number of hydrogen-bond acceptors (Lipinski definition) is 6. The Balaban J connectivity index is 1.86. The number of likely N-dealkylation sites (N-methyl/N-ethyl adjacent to an activating group) is 1. The lowest BCUT2D eigenvalue weighted by Gasteiger charge is -2.16. The fourth-order valence-corrected chi connectivity index (χ4v) is 3.03. The quantitative estimate of drug-likeness (QED) is 0.679. The summed E-state index contributed by atoms with van der Waals surface area (Å²) in [7, 11) is -1.81. The highest BCUT2D eigenvalue weighted by Gasteiger charge is 2.15. The van der Waals surface area contributed by atoms with Gasteiger partial charge in [-0.05, 0) is 37.4 Å². The van der Waals surface area contributed by atoms with Crippen molar-refractivity contribution in [2.24, 2.45) is 0 Å². The lowest BCUT2D eigenvalue weighted by atomic mass is 10.3. The minimum Gasteiger partial charge on any atom is -0.467 e. The topological polar surface area (TPSA) is 109 Å². The molecule has 0 aliphatic carbocycles. The van der Waals surface area contributed by atoms with Crippen LogP contribution < -0.4 is 10.6 Å². The predicted octanol–water partition coefficient (Wildman–Crippen LogP) is 1.52. The molecule has 0 saturated heterocycles. The molecule has 8 nitrogen and oxygen atoms in total. The number of sulfone groups is 1. The molecule has 27 heavy (non-hydrogen) atoms. The maximum Gasteiger partial charge on any atom is 0.238 e. The van der Waals surface area contributed by atoms with Crippen molar-refractivity contribution < 1.29 is 22.4 Å². The lowest BCUT2D eigenvalue weighted by Crippen LogP contribution is -2.38. The number of carbonyl (C=O) groups is 2. The Bertz CT molecular complexity index is 913. The number of hydrogen-bond donors (Lipinski definition) is 2. The molecule has 1 heterocycles. The molecule has 0 saturated carbocycles. The van der Waals surface area contributed by atoms with Crippen LogP contribution in [0.1, 0.15) is 5.76 Å². The number of benzene rings is 1. The first-order valence-corrected chi connectivity index (χ1v) is 10.2. The van der Waals surface area contributed by atoms with E-state index < -0.39 is 15.7 Å². The average molecular weight is 414 g/mol. The molecule has 0 atom stereocenters. The van der Waals surface area contributed by atoms with Gasteiger partial charge in [0.25, 0.3) is 0 Å². The number of furan rings is 1. The molecule has 1 aromatic heterocycles. The molecular formula is C17H20ClN3O5S. The minimum atomic E-state index is -3.42. The van der Waals surface area contributed by atoms with E-state index in [1.165, 1.54) is 29.4 Å². The zero-order valence-electron chi connectivity index (χ0n) is 14.9. The summed E-state index contributed by atoms with van der Waals surface area (Å²) in [6, 6.07) is 7.53. The fraction of sp³-hybridized carbons (Fsp3) is 0.294. The van der Waals surface area contributed by atoms with E-state index in [2.05, 4.69) is 10.6 Å². The van der Waals surface area contributed by atoms with E-state index in [0.29, 0.717) is 5.76 Å². The summed E-state index contributed by atoms with van der Waals surface area (Å²) in [5, 5.41) is 5.45. The molecule has 0 bridgehead atoms. The predicted molar refractivity (Wildman–Crippen MR) is 101 cm³/mol. The Labute approximate surface area is 162 Å². The van der Waals surface area contributed by atoms with Gasteiger partial charge in [-0.2, -0.15) is 0 Å². The molecule has 146 valence electrons. The van der Waals surface area contributed by atoms with Gasteiger partial charge in [-0.15, -0.1) is 0 Å². The van der Waals surface area contributed by atoms with E-state index in [1.54, 1.807) is 19.2 Å². The Morgan fingerprint density at radius 1 is 1.19 bits per heavy atom. The van der Waals surface area contributed by atoms with Crippen LogP contribution in [0.4, 0.5) is 5.69 Å². The van der Waals surface area contributed by atoms with Crippen LogP contribution in [0.25, 0.3) is 0 Å². The molecule has 10 heteroatoms. The molecule has 0 aliphatic rings. The van der Waals surface area contributed by atoms with Crippen molar-refractivity contribution in [3.05, 3.63) is 47.4 Å². The van der Waals surface area contributed by atoms with Crippen LogP contribution in [0.5, 0.6) is 0 Å². The minimum absolute atomic E-state index is 0.00520. The molecule has 2 rings (SSSR count). The number of amides is 2. The summed E-state index contributed by atoms with van der Waals surface area (Å²) in [6.45, 7) is 0.193. The van der Waals surface area contributed by atoms with E-state index in [1.807, 2.05) is 0 Å². The molecule has 0 spiro atoms. The summed E-state index contributed by atoms with van der Waals surface area (Å²) >= 11 is 6.01. The molecule has 0 radical (unpaired) electrons. The zero-order chi connectivity index (χ0) is 20.0. The molecule has 2 aromatic rings. The number of rotatable bonds is 8. The zero-order valence-corrected chi connectivity index (χ0v) is 16.4. The molecule has 2 N–H and O–H groups in total. The van der Waals surface area contributed by atoms with Crippen LogP contribution in [0, 0.1) is 0 Å². The number of halogens is 1. The normalized spacial score (nSPS) is 11.4. The standard InChI is InChI=1S/C17H20ClN3O5S/c1-21(10-16(22)19-9-12-4-3-7-26-12)11-17(23)20-15-8-13(27(2,24)25)5-6-14(15)18/h3-8H,9-11H2,1-2H3,(H,19,22)(H,20,23). The van der Waals surface area contributed by atoms with Crippen LogP contribution in [0.3, 0.4) is 0 Å². The van der Waals surface area contributed by atoms with Gasteiger partial charge in [0.15, 0.2) is 9.84 Å². The monoisotopic (exact) mass is 413 g/mol. The van der Waals surface area contributed by atoms with Crippen molar-refractivity contribution in [3.63, 3.8) is 0 Å². The highest BCUT2D eigenvalue weighted by atomic mass is 35.5. The smallest absolute Gasteiger partial charge is 0.238 e. The second-order valence-corrected chi connectivity index (χ2v) is 8.41. The Kier molecular flexibility index (Phi) is 7.00. The van der Waals surface area contributed by atoms with Crippen LogP contribution >= 0.6 is 11.6 Å². The van der Waals surface area contributed by atoms with Crippen molar-refractivity contribution in [2.75, 3.05) is 31.7 Å². The highest BCUT2D eigenvalue weighted by molar-refractivity contribution is 7.90. The van der Waals surface area contributed by atoms with Gasteiger partial charge in [-0.3, -0.25) is 14.5 Å². The number of nitrogens with one attached hydrogen (secondary N) is 2. The van der Waals surface area contributed by atoms with Crippen molar-refractivity contribution in [2.45, 2.75) is 11.4 Å². The third-order valence-electron chi connectivity index (χ3n) is 3.51. The van der Waals surface area contributed by atoms with Gasteiger partial charge in [0.2, 0.25) is 11.8 Å². The van der Waals surface area contributed by atoms with Crippen LogP contribution in [-0.2, 0) is 26.0 Å². The fourth-order valence-electron chi connectivity index (χ4n) is 2.22. The molecule has 1 aromatic carbocycles. The van der Waals surface area contributed by atoms with Crippen molar-refractivity contribution >= 4 is 38.9 Å². The second-order valence-electron chi connectivity index (χ2n) is 5.99. The molecule has 2 amide bonds. The second kappa shape index (κ2) is 9.03. The van der Waals surface area contributed by atoms with E-state index in [-0.39, 0.29) is 41.1 Å². The van der Waals surface area contributed by atoms with E-state index in [0.717, 1.165) is 6.26 Å². The summed E-state index contributed by atoms with van der Waals surface area (Å²) in [5.74, 6) is -0.0631. The summed E-state index contributed by atoms with van der Waals surface area (Å²) < 4.78 is 28.3. The van der Waals surface area contributed by atoms with Gasteiger partial charge in [0.1, 0.15) is 5.76 Å². The lowest BCUT2D eigenvalue weighted by molar-refractivity contribution is -0.123. The van der Waals surface area contributed by atoms with Gasteiger partial charge in [-0.25, -0.2) is 8.42 Å². The van der Waals surface area contributed by atoms with Crippen molar-refractivity contribution in [1.29, 1.82) is 0 Å². The average Bonchev–Trinajstić information content (AvgIpc) is 3.07. The molecule has 0 fully saturated rings. The van der Waals surface area contributed by atoms with Gasteiger partial charge in [0.05, 0.1) is 41.5 Å². The van der Waals surface area contributed by atoms with Gasteiger partial charge in [0, 0.05) is 6.26 Å². The number of anilines is 1. The van der Waals surface area contributed by atoms with E-state index in [4.69, 9.17) is 16.0 Å². The third kappa shape index (κ3) is 6.70. The maximum atomic E-state index is 12.2. The van der Waals surface area contributed by atoms with Gasteiger partial charge < -0.3 is 15.1 Å². The summed E-state index contributed by atoms with van der Waals surface area (Å²) in [6.07, 6.45) is 2.58. The molecular weight excluding hydrogens is 394 g/mol. The van der Waals surface area contributed by atoms with E-state index in [9.17, 15) is 18.0 Å². The van der Waals surface area contributed by atoms with Crippen LogP contribution in [0.2, 0.25) is 5.02 Å². The number of nitrogens with zero attached hydrogens (tertiary/aromatic N) is 1. The van der Waals surface area contributed by atoms with Gasteiger partial charge >= 0.3 is 0 Å². The third-order valence-corrected chi connectivity index (χ3v) is 4.95. The first kappa shape index (κ1) is 20.9. The highest BCUT2D eigenvalue weighted by Crippen LogP contribution is 2.25. The van der Waals surface area contributed by atoms with Gasteiger partial charge in [-0.1, -0.05) is 11.6 Å². The van der Waals surface area contributed by atoms with Crippen molar-refractivity contribution in [3.8, 4) is 0 Å². The SMILES string of the molecule is CN(CC(=O)NCc1ccco1)CC(=O)Nc1cc(S(C)(=O)=O)ccc1Cl. The van der Waals surface area contributed by atoms with Crippen LogP contribution in [0.15, 0.2) is 45.9 Å². The van der Waals surface area contributed by atoms with Crippen molar-refractivity contribution in [1.82, 2.24) is 10.2 Å². The summed E-state index contributed by atoms with van der Waals surface area (Å²) in [4.78, 5) is 25.6. The number of carbonyl (C=O) groups excluding carboxylic acids is 2. The Morgan fingerprint density at radius 3 is 2.52 bits per heavy atom. The largest absolute Gasteiger partial charge is 0.467 e. The maximum absolute atomic E-state index is 12.2. The molecule has 0 unspecified atom stereocenters. The van der Waals surface area contributed by atoms with E-state index >= 15 is 0 Å². The Hall–Kier alpha value is -2.36. The Morgan fingerprint density at radius 2 is 1.89 bits per heavy atom. The first-order valence-electron chi connectivity index (χ1n) is 7.92. The molecule has 0 aliphatic heterocycles. The first-order chi connectivity index (χ1) is 12.6. The van der Waals surface area contributed by atoms with Crippen LogP contribution in [-0.4, -0.2) is 51.5 Å².